The summed E-state index contributed by atoms with van der Waals surface area (Å²) in [4.78, 5) is 8.00. The van der Waals surface area contributed by atoms with Crippen molar-refractivity contribution in [2.45, 2.75) is 20.0 Å². The molecule has 3 heterocycles. The second-order valence-corrected chi connectivity index (χ2v) is 5.69. The molecular formula is C16H12F3N5. The maximum Gasteiger partial charge on any atom is 0.434 e. The van der Waals surface area contributed by atoms with Gasteiger partial charge < -0.3 is 0 Å². The second-order valence-electron chi connectivity index (χ2n) is 5.69. The van der Waals surface area contributed by atoms with E-state index in [0.29, 0.717) is 11.3 Å². The number of aromatic nitrogens is 5. The number of hydrogen-bond donors (Lipinski definition) is 1. The van der Waals surface area contributed by atoms with E-state index >= 15 is 0 Å². The zero-order valence-corrected chi connectivity index (χ0v) is 12.8. The van der Waals surface area contributed by atoms with Gasteiger partial charge in [0.2, 0.25) is 0 Å². The summed E-state index contributed by atoms with van der Waals surface area (Å²) in [5.74, 6) is 0. The highest BCUT2D eigenvalue weighted by Crippen LogP contribution is 2.34. The predicted molar refractivity (Wildman–Crippen MR) is 82.6 cm³/mol. The molecule has 5 nitrogen and oxygen atoms in total. The van der Waals surface area contributed by atoms with E-state index in [0.717, 1.165) is 28.2 Å². The fourth-order valence-electron chi connectivity index (χ4n) is 2.90. The molecule has 0 unspecified atom stereocenters. The molecule has 24 heavy (non-hydrogen) atoms. The smallest absolute Gasteiger partial charge is 0.289 e. The van der Waals surface area contributed by atoms with Gasteiger partial charge in [-0.2, -0.15) is 18.3 Å². The van der Waals surface area contributed by atoms with E-state index in [4.69, 9.17) is 0 Å². The van der Waals surface area contributed by atoms with Gasteiger partial charge in [0.05, 0.1) is 17.4 Å². The van der Waals surface area contributed by atoms with E-state index in [1.807, 2.05) is 19.1 Å². The summed E-state index contributed by atoms with van der Waals surface area (Å²) < 4.78 is 40.3. The van der Waals surface area contributed by atoms with Crippen molar-refractivity contribution in [3.8, 4) is 11.1 Å². The van der Waals surface area contributed by atoms with Crippen molar-refractivity contribution in [3.05, 3.63) is 47.8 Å². The molecule has 0 bridgehead atoms. The normalized spacial score (nSPS) is 12.4. The Hall–Kier alpha value is -2.90. The highest BCUT2D eigenvalue weighted by Gasteiger charge is 2.34. The van der Waals surface area contributed by atoms with Gasteiger partial charge in [-0.25, -0.2) is 9.97 Å². The molecule has 0 radical (unpaired) electrons. The lowest BCUT2D eigenvalue weighted by Crippen LogP contribution is -2.04. The van der Waals surface area contributed by atoms with Crippen LogP contribution in [0.4, 0.5) is 13.2 Å². The molecule has 1 aromatic carbocycles. The van der Waals surface area contributed by atoms with Crippen LogP contribution in [0.25, 0.3) is 27.7 Å². The Morgan fingerprint density at radius 3 is 2.71 bits per heavy atom. The quantitative estimate of drug-likeness (QED) is 0.575. The standard InChI is InChI=1S/C16H12F3N5/c1-8-3-10(4-11-5-21-23-14(8)11)13-9(2)20-7-24-6-12(16(17,18)19)22-15(13)24/h3-7H,1-2H3,(H,21,23). The van der Waals surface area contributed by atoms with Gasteiger partial charge in [0.15, 0.2) is 5.69 Å². The van der Waals surface area contributed by atoms with Crippen LogP contribution in [-0.2, 0) is 6.18 Å². The van der Waals surface area contributed by atoms with Crippen molar-refractivity contribution in [2.75, 3.05) is 0 Å². The number of fused-ring (bicyclic) bond motifs is 2. The number of nitrogens with one attached hydrogen (secondary N) is 1. The average molecular weight is 331 g/mol. The Morgan fingerprint density at radius 2 is 1.96 bits per heavy atom. The van der Waals surface area contributed by atoms with Crippen LogP contribution in [0.5, 0.6) is 0 Å². The van der Waals surface area contributed by atoms with E-state index in [1.54, 1.807) is 13.1 Å². The highest BCUT2D eigenvalue weighted by molar-refractivity contribution is 5.90. The first-order chi connectivity index (χ1) is 11.3. The lowest BCUT2D eigenvalue weighted by molar-refractivity contribution is -0.140. The van der Waals surface area contributed by atoms with Crippen molar-refractivity contribution < 1.29 is 13.2 Å². The van der Waals surface area contributed by atoms with Gasteiger partial charge in [0.1, 0.15) is 12.0 Å². The lowest BCUT2D eigenvalue weighted by atomic mass is 10.0. The first-order valence-corrected chi connectivity index (χ1v) is 7.20. The summed E-state index contributed by atoms with van der Waals surface area (Å²) in [6, 6.07) is 3.77. The second kappa shape index (κ2) is 4.80. The van der Waals surface area contributed by atoms with E-state index < -0.39 is 11.9 Å². The molecule has 122 valence electrons. The summed E-state index contributed by atoms with van der Waals surface area (Å²) in [6.45, 7) is 3.67. The number of nitrogens with zero attached hydrogens (tertiary/aromatic N) is 4. The van der Waals surface area contributed by atoms with Crippen molar-refractivity contribution in [3.63, 3.8) is 0 Å². The third-order valence-corrected chi connectivity index (χ3v) is 4.02. The molecule has 3 aromatic heterocycles. The number of imidazole rings is 1. The molecule has 0 saturated carbocycles. The van der Waals surface area contributed by atoms with Gasteiger partial charge in [-0.05, 0) is 37.1 Å². The van der Waals surface area contributed by atoms with E-state index in [9.17, 15) is 13.2 Å². The largest absolute Gasteiger partial charge is 0.434 e. The topological polar surface area (TPSA) is 58.9 Å². The number of H-pyrrole nitrogens is 1. The Morgan fingerprint density at radius 1 is 1.17 bits per heavy atom. The molecule has 8 heteroatoms. The zero-order valence-electron chi connectivity index (χ0n) is 12.8. The summed E-state index contributed by atoms with van der Waals surface area (Å²) in [5, 5.41) is 7.80. The average Bonchev–Trinajstić information content (AvgIpc) is 3.12. The number of aryl methyl sites for hydroxylation is 2. The summed E-state index contributed by atoms with van der Waals surface area (Å²) in [7, 11) is 0. The van der Waals surface area contributed by atoms with Gasteiger partial charge in [0.25, 0.3) is 0 Å². The molecule has 0 fully saturated rings. The molecule has 0 saturated heterocycles. The molecule has 0 amide bonds. The van der Waals surface area contributed by atoms with E-state index in [2.05, 4.69) is 20.2 Å². The van der Waals surface area contributed by atoms with Crippen LogP contribution in [0.3, 0.4) is 0 Å². The van der Waals surface area contributed by atoms with Gasteiger partial charge in [-0.15, -0.1) is 0 Å². The molecule has 0 aliphatic heterocycles. The van der Waals surface area contributed by atoms with Crippen LogP contribution < -0.4 is 0 Å². The summed E-state index contributed by atoms with van der Waals surface area (Å²) >= 11 is 0. The number of aromatic amines is 1. The molecule has 4 rings (SSSR count). The fourth-order valence-corrected chi connectivity index (χ4v) is 2.90. The van der Waals surface area contributed by atoms with Crippen LogP contribution in [-0.4, -0.2) is 24.6 Å². The first kappa shape index (κ1) is 14.7. The monoisotopic (exact) mass is 331 g/mol. The van der Waals surface area contributed by atoms with Crippen LogP contribution in [0.1, 0.15) is 17.0 Å². The van der Waals surface area contributed by atoms with Gasteiger partial charge in [0, 0.05) is 17.1 Å². The zero-order chi connectivity index (χ0) is 17.1. The maximum absolute atomic E-state index is 13.0. The molecule has 1 N–H and O–H groups in total. The predicted octanol–water partition coefficient (Wildman–Crippen LogP) is 3.91. The maximum atomic E-state index is 13.0. The molecule has 0 atom stereocenters. The summed E-state index contributed by atoms with van der Waals surface area (Å²) in [6.07, 6.45) is -0.517. The van der Waals surface area contributed by atoms with E-state index in [1.165, 1.54) is 10.7 Å². The number of halogens is 3. The van der Waals surface area contributed by atoms with Crippen LogP contribution in [0.15, 0.2) is 30.9 Å². The molecule has 0 aliphatic carbocycles. The third kappa shape index (κ3) is 2.14. The minimum absolute atomic E-state index is 0.233. The van der Waals surface area contributed by atoms with Crippen LogP contribution in [0.2, 0.25) is 0 Å². The first-order valence-electron chi connectivity index (χ1n) is 7.20. The third-order valence-electron chi connectivity index (χ3n) is 4.02. The van der Waals surface area contributed by atoms with Crippen LogP contribution >= 0.6 is 0 Å². The Bertz CT molecular complexity index is 1070. The van der Waals surface area contributed by atoms with E-state index in [-0.39, 0.29) is 5.65 Å². The molecule has 0 spiro atoms. The molecule has 0 aliphatic rings. The highest BCUT2D eigenvalue weighted by atomic mass is 19.4. The molecular weight excluding hydrogens is 319 g/mol. The SMILES string of the molecule is Cc1ncn2cc(C(F)(F)F)nc2c1-c1cc(C)c2[nH]ncc2c1. The minimum atomic E-state index is -4.50. The minimum Gasteiger partial charge on any atom is -0.289 e. The Labute approximate surface area is 134 Å². The van der Waals surface area contributed by atoms with Crippen LogP contribution in [0, 0.1) is 13.8 Å². The fraction of sp³-hybridized carbons (Fsp3) is 0.188. The van der Waals surface area contributed by atoms with Crippen molar-refractivity contribution in [1.29, 1.82) is 0 Å². The van der Waals surface area contributed by atoms with Gasteiger partial charge >= 0.3 is 6.18 Å². The van der Waals surface area contributed by atoms with Crippen molar-refractivity contribution in [1.82, 2.24) is 24.6 Å². The number of benzene rings is 1. The number of alkyl halides is 3. The Kier molecular flexibility index (Phi) is 2.93. The molecule has 4 aromatic rings. The summed E-state index contributed by atoms with van der Waals surface area (Å²) in [5.41, 5.74) is 3.11. The van der Waals surface area contributed by atoms with Crippen molar-refractivity contribution in [2.24, 2.45) is 0 Å². The Balaban J connectivity index is 2.03. The number of hydrogen-bond acceptors (Lipinski definition) is 3. The van der Waals surface area contributed by atoms with Gasteiger partial charge in [-0.1, -0.05) is 0 Å². The lowest BCUT2D eigenvalue weighted by Gasteiger charge is -2.09. The van der Waals surface area contributed by atoms with Crippen molar-refractivity contribution >= 4 is 16.6 Å². The van der Waals surface area contributed by atoms with Gasteiger partial charge in [-0.3, -0.25) is 9.50 Å². The number of rotatable bonds is 1.